The van der Waals surface area contributed by atoms with E-state index in [0.717, 1.165) is 29.5 Å². The van der Waals surface area contributed by atoms with E-state index in [9.17, 15) is 9.90 Å². The summed E-state index contributed by atoms with van der Waals surface area (Å²) in [6, 6.07) is 35.3. The first-order chi connectivity index (χ1) is 17.2. The summed E-state index contributed by atoms with van der Waals surface area (Å²) in [4.78, 5) is 14.1. The van der Waals surface area contributed by atoms with Crippen LogP contribution in [0.2, 0.25) is 0 Å². The third-order valence-electron chi connectivity index (χ3n) is 6.80. The van der Waals surface area contributed by atoms with E-state index in [0.29, 0.717) is 17.9 Å². The number of aliphatic hydroxyl groups is 1. The van der Waals surface area contributed by atoms with Gasteiger partial charge in [-0.05, 0) is 42.5 Å². The van der Waals surface area contributed by atoms with Crippen molar-refractivity contribution in [2.75, 3.05) is 6.54 Å². The number of aliphatic hydroxyl groups excluding tert-OH is 1. The fraction of sp³-hybridized carbons (Fsp3) is 0.194. The number of fused-ring (bicyclic) bond motifs is 2. The molecule has 0 spiro atoms. The monoisotopic (exact) mass is 463 g/mol. The van der Waals surface area contributed by atoms with Gasteiger partial charge < -0.3 is 15.2 Å². The number of carbonyl (C=O) groups excluding carboxylic acids is 1. The van der Waals surface area contributed by atoms with E-state index in [4.69, 9.17) is 4.74 Å². The molecule has 4 aromatic carbocycles. The van der Waals surface area contributed by atoms with Crippen molar-refractivity contribution in [3.63, 3.8) is 0 Å². The lowest BCUT2D eigenvalue weighted by Crippen LogP contribution is -2.48. The molecule has 5 rings (SSSR count). The van der Waals surface area contributed by atoms with Crippen molar-refractivity contribution in [1.29, 1.82) is 0 Å². The maximum Gasteiger partial charge on any atom is 0.235 e. The first-order valence-corrected chi connectivity index (χ1v) is 12.1. The minimum absolute atomic E-state index is 0.122. The predicted molar refractivity (Wildman–Crippen MR) is 138 cm³/mol. The number of para-hydroxylation sites is 2. The Morgan fingerprint density at radius 2 is 1.31 bits per heavy atom. The van der Waals surface area contributed by atoms with Crippen LogP contribution in [0.15, 0.2) is 109 Å². The summed E-state index contributed by atoms with van der Waals surface area (Å²) in [6.07, 6.45) is 1.52. The third-order valence-corrected chi connectivity index (χ3v) is 6.80. The van der Waals surface area contributed by atoms with Crippen molar-refractivity contribution in [3.05, 3.63) is 131 Å². The molecular weight excluding hydrogens is 434 g/mol. The molecule has 35 heavy (non-hydrogen) atoms. The average molecular weight is 464 g/mol. The first-order valence-electron chi connectivity index (χ1n) is 12.1. The van der Waals surface area contributed by atoms with Crippen LogP contribution in [0.1, 0.15) is 41.2 Å². The fourth-order valence-electron chi connectivity index (χ4n) is 5.04. The standard InChI is InChI=1S/C31H29NO3/c33-27(24-15-5-2-6-16-24)22-32-30(34)31(21-11-14-23-12-3-1-4-13-23)25-17-7-9-19-28(25)35-29-20-10-8-18-26(29)31/h1-10,12-13,15-20,27,33H,11,14,21-22H2,(H,32,34). The van der Waals surface area contributed by atoms with Crippen molar-refractivity contribution in [1.82, 2.24) is 5.32 Å². The molecule has 0 bridgehead atoms. The molecule has 1 amide bonds. The van der Waals surface area contributed by atoms with Gasteiger partial charge in [0.2, 0.25) is 5.91 Å². The molecule has 4 aromatic rings. The summed E-state index contributed by atoms with van der Waals surface area (Å²) >= 11 is 0. The highest BCUT2D eigenvalue weighted by molar-refractivity contribution is 5.94. The summed E-state index contributed by atoms with van der Waals surface area (Å²) in [6.45, 7) is 0.133. The van der Waals surface area contributed by atoms with Crippen molar-refractivity contribution >= 4 is 5.91 Å². The smallest absolute Gasteiger partial charge is 0.235 e. The number of aryl methyl sites for hydroxylation is 1. The summed E-state index contributed by atoms with van der Waals surface area (Å²) in [5.41, 5.74) is 2.82. The van der Waals surface area contributed by atoms with Gasteiger partial charge in [-0.2, -0.15) is 0 Å². The molecule has 1 heterocycles. The summed E-state index contributed by atoms with van der Waals surface area (Å²) in [7, 11) is 0. The maximum atomic E-state index is 14.1. The number of carbonyl (C=O) groups is 1. The van der Waals surface area contributed by atoms with Gasteiger partial charge in [0.1, 0.15) is 16.9 Å². The fourth-order valence-corrected chi connectivity index (χ4v) is 5.04. The van der Waals surface area contributed by atoms with Gasteiger partial charge in [-0.25, -0.2) is 0 Å². The van der Waals surface area contributed by atoms with Crippen molar-refractivity contribution in [3.8, 4) is 11.5 Å². The van der Waals surface area contributed by atoms with Crippen molar-refractivity contribution < 1.29 is 14.6 Å². The molecule has 0 saturated carbocycles. The molecule has 0 aliphatic carbocycles. The Hall–Kier alpha value is -3.89. The second-order valence-corrected chi connectivity index (χ2v) is 8.98. The van der Waals surface area contributed by atoms with E-state index in [1.165, 1.54) is 5.56 Å². The summed E-state index contributed by atoms with van der Waals surface area (Å²) < 4.78 is 6.21. The van der Waals surface area contributed by atoms with Gasteiger partial charge in [0.05, 0.1) is 6.10 Å². The molecular formula is C31H29NO3. The quantitative estimate of drug-likeness (QED) is 0.339. The predicted octanol–water partition coefficient (Wildman–Crippen LogP) is 5.95. The van der Waals surface area contributed by atoms with Crippen LogP contribution in [0.5, 0.6) is 11.5 Å². The van der Waals surface area contributed by atoms with Gasteiger partial charge in [0.25, 0.3) is 0 Å². The minimum atomic E-state index is -0.920. The highest BCUT2D eigenvalue weighted by Gasteiger charge is 2.47. The molecule has 4 nitrogen and oxygen atoms in total. The average Bonchev–Trinajstić information content (AvgIpc) is 2.92. The van der Waals surface area contributed by atoms with Crippen LogP contribution in [0.4, 0.5) is 0 Å². The van der Waals surface area contributed by atoms with Crippen LogP contribution in [-0.4, -0.2) is 17.6 Å². The molecule has 2 N–H and O–H groups in total. The number of hydrogen-bond donors (Lipinski definition) is 2. The molecule has 1 unspecified atom stereocenters. The first kappa shape index (κ1) is 22.9. The van der Waals surface area contributed by atoms with E-state index < -0.39 is 11.5 Å². The lowest BCUT2D eigenvalue weighted by atomic mass is 9.68. The van der Waals surface area contributed by atoms with Gasteiger partial charge in [-0.1, -0.05) is 97.1 Å². The zero-order valence-corrected chi connectivity index (χ0v) is 19.6. The molecule has 0 aromatic heterocycles. The Kier molecular flexibility index (Phi) is 6.64. The Morgan fingerprint density at radius 3 is 1.94 bits per heavy atom. The number of ether oxygens (including phenoxy) is 1. The SMILES string of the molecule is O=C(NCC(O)c1ccccc1)C1(CCCc2ccccc2)c2ccccc2Oc2ccccc21. The molecule has 0 radical (unpaired) electrons. The molecule has 0 fully saturated rings. The molecule has 1 atom stereocenters. The van der Waals surface area contributed by atoms with Crippen LogP contribution in [-0.2, 0) is 16.6 Å². The van der Waals surface area contributed by atoms with E-state index in [2.05, 4.69) is 17.4 Å². The molecule has 1 aliphatic rings. The van der Waals surface area contributed by atoms with Gasteiger partial charge in [-0.15, -0.1) is 0 Å². The van der Waals surface area contributed by atoms with Gasteiger partial charge in [0, 0.05) is 17.7 Å². The second kappa shape index (κ2) is 10.2. The maximum absolute atomic E-state index is 14.1. The Labute approximate surface area is 206 Å². The topological polar surface area (TPSA) is 58.6 Å². The Bertz CT molecular complexity index is 1240. The highest BCUT2D eigenvalue weighted by Crippen LogP contribution is 2.50. The normalized spacial score (nSPS) is 14.2. The number of rotatable bonds is 8. The lowest BCUT2D eigenvalue weighted by Gasteiger charge is -2.39. The van der Waals surface area contributed by atoms with Crippen LogP contribution in [0.3, 0.4) is 0 Å². The summed E-state index contributed by atoms with van der Waals surface area (Å²) in [5, 5.41) is 13.8. The van der Waals surface area contributed by atoms with Gasteiger partial charge in [0.15, 0.2) is 0 Å². The third kappa shape index (κ3) is 4.58. The number of hydrogen-bond acceptors (Lipinski definition) is 3. The van der Waals surface area contributed by atoms with Crippen molar-refractivity contribution in [2.24, 2.45) is 0 Å². The highest BCUT2D eigenvalue weighted by atomic mass is 16.5. The summed E-state index contributed by atoms with van der Waals surface area (Å²) in [5.74, 6) is 1.28. The second-order valence-electron chi connectivity index (χ2n) is 8.98. The molecule has 4 heteroatoms. The van der Waals surface area contributed by atoms with E-state index in [1.54, 1.807) is 0 Å². The van der Waals surface area contributed by atoms with E-state index in [-0.39, 0.29) is 12.5 Å². The van der Waals surface area contributed by atoms with E-state index >= 15 is 0 Å². The Morgan fingerprint density at radius 1 is 0.771 bits per heavy atom. The number of nitrogens with one attached hydrogen (secondary N) is 1. The van der Waals surface area contributed by atoms with Crippen molar-refractivity contribution in [2.45, 2.75) is 30.8 Å². The molecule has 176 valence electrons. The zero-order valence-electron chi connectivity index (χ0n) is 19.6. The Balaban J connectivity index is 1.49. The van der Waals surface area contributed by atoms with E-state index in [1.807, 2.05) is 97.1 Å². The largest absolute Gasteiger partial charge is 0.457 e. The van der Waals surface area contributed by atoms with Crippen LogP contribution in [0, 0.1) is 0 Å². The lowest BCUT2D eigenvalue weighted by molar-refractivity contribution is -0.126. The van der Waals surface area contributed by atoms with Crippen LogP contribution >= 0.6 is 0 Å². The minimum Gasteiger partial charge on any atom is -0.457 e. The molecule has 1 aliphatic heterocycles. The van der Waals surface area contributed by atoms with Gasteiger partial charge >= 0.3 is 0 Å². The number of benzene rings is 4. The zero-order chi connectivity index (χ0) is 24.1. The van der Waals surface area contributed by atoms with Gasteiger partial charge in [-0.3, -0.25) is 4.79 Å². The van der Waals surface area contributed by atoms with Crippen LogP contribution < -0.4 is 10.1 Å². The van der Waals surface area contributed by atoms with Crippen LogP contribution in [0.25, 0.3) is 0 Å². The molecule has 0 saturated heterocycles. The number of amides is 1.